The molecule has 0 saturated carbocycles. The molecule has 5 rings (SSSR count). The van der Waals surface area contributed by atoms with Crippen LogP contribution < -0.4 is 5.73 Å². The van der Waals surface area contributed by atoms with Crippen LogP contribution in [-0.2, 0) is 10.6 Å². The molecule has 1 aliphatic rings. The molecule has 11 heteroatoms. The van der Waals surface area contributed by atoms with Crippen molar-refractivity contribution in [3.05, 3.63) is 43.1 Å². The zero-order valence-electron chi connectivity index (χ0n) is 15.2. The van der Waals surface area contributed by atoms with Crippen molar-refractivity contribution in [2.75, 3.05) is 11.5 Å². The molecule has 0 amide bonds. The number of anilines is 1. The highest BCUT2D eigenvalue weighted by Crippen LogP contribution is 2.33. The highest BCUT2D eigenvalue weighted by atomic mass is 32.2. The summed E-state index contributed by atoms with van der Waals surface area (Å²) in [7, 11) is 0. The molecule has 1 aromatic carbocycles. The van der Waals surface area contributed by atoms with Crippen LogP contribution in [0.15, 0.2) is 43.1 Å². The Morgan fingerprint density at radius 2 is 2.00 bits per heavy atom. The van der Waals surface area contributed by atoms with E-state index in [0.717, 1.165) is 10.9 Å². The summed E-state index contributed by atoms with van der Waals surface area (Å²) < 4.78 is 9.43. The average Bonchev–Trinajstić information content (AvgIpc) is 3.41. The first-order valence-corrected chi connectivity index (χ1v) is 10.2. The first-order chi connectivity index (χ1) is 14.1. The van der Waals surface area contributed by atoms with Crippen LogP contribution in [0.1, 0.15) is 6.23 Å². The van der Waals surface area contributed by atoms with Crippen LogP contribution >= 0.6 is 11.8 Å². The smallest absolute Gasteiger partial charge is 0.167 e. The van der Waals surface area contributed by atoms with Crippen molar-refractivity contribution in [1.29, 1.82) is 0 Å². The van der Waals surface area contributed by atoms with E-state index in [1.807, 2.05) is 35.1 Å². The minimum atomic E-state index is -1.11. The fraction of sp³-hybridized carbons (Fsp3) is 0.333. The Kier molecular flexibility index (Phi) is 4.59. The van der Waals surface area contributed by atoms with E-state index in [4.69, 9.17) is 10.5 Å². The summed E-state index contributed by atoms with van der Waals surface area (Å²) in [5.41, 5.74) is 7.75. The predicted molar refractivity (Wildman–Crippen MR) is 108 cm³/mol. The molecule has 0 spiro atoms. The van der Waals surface area contributed by atoms with Gasteiger partial charge in [0.2, 0.25) is 0 Å². The third-order valence-corrected chi connectivity index (χ3v) is 6.04. The SMILES string of the molecule is Nc1ncnc2c1ncn2C1OC(CSCn2ncc3ccccc32)C(O)C1O. The van der Waals surface area contributed by atoms with Gasteiger partial charge >= 0.3 is 0 Å². The summed E-state index contributed by atoms with van der Waals surface area (Å²) in [5, 5.41) is 26.5. The minimum absolute atomic E-state index is 0.250. The van der Waals surface area contributed by atoms with E-state index in [2.05, 4.69) is 20.1 Å². The quantitative estimate of drug-likeness (QED) is 0.433. The predicted octanol–water partition coefficient (Wildman–Crippen LogP) is 0.768. The van der Waals surface area contributed by atoms with Gasteiger partial charge in [-0.25, -0.2) is 15.0 Å². The second-order valence-electron chi connectivity index (χ2n) is 6.83. The number of nitrogens with zero attached hydrogens (tertiary/aromatic N) is 6. The molecule has 10 nitrogen and oxygen atoms in total. The number of thioether (sulfide) groups is 1. The maximum Gasteiger partial charge on any atom is 0.167 e. The lowest BCUT2D eigenvalue weighted by Crippen LogP contribution is -2.32. The monoisotopic (exact) mass is 413 g/mol. The maximum atomic E-state index is 10.5. The van der Waals surface area contributed by atoms with E-state index in [9.17, 15) is 10.2 Å². The van der Waals surface area contributed by atoms with E-state index in [1.54, 1.807) is 16.3 Å². The molecule has 4 unspecified atom stereocenters. The summed E-state index contributed by atoms with van der Waals surface area (Å²) in [6.45, 7) is 0. The first kappa shape index (κ1) is 18.3. The second-order valence-corrected chi connectivity index (χ2v) is 7.83. The van der Waals surface area contributed by atoms with Gasteiger partial charge in [-0.3, -0.25) is 9.25 Å². The minimum Gasteiger partial charge on any atom is -0.387 e. The third kappa shape index (κ3) is 3.12. The number of benzene rings is 1. The molecular formula is C18H19N7O3S. The van der Waals surface area contributed by atoms with Crippen LogP contribution in [0.4, 0.5) is 5.82 Å². The normalized spacial score (nSPS) is 24.6. The molecule has 4 aromatic rings. The van der Waals surface area contributed by atoms with Crippen LogP contribution in [0.2, 0.25) is 0 Å². The fourth-order valence-electron chi connectivity index (χ4n) is 3.54. The van der Waals surface area contributed by atoms with Crippen molar-refractivity contribution < 1.29 is 14.9 Å². The van der Waals surface area contributed by atoms with Gasteiger partial charge in [0.1, 0.15) is 24.1 Å². The number of aliphatic hydroxyl groups is 2. The zero-order chi connectivity index (χ0) is 20.0. The van der Waals surface area contributed by atoms with Gasteiger partial charge in [0.25, 0.3) is 0 Å². The Bertz CT molecular complexity index is 1160. The van der Waals surface area contributed by atoms with Gasteiger partial charge in [0, 0.05) is 11.1 Å². The molecule has 1 fully saturated rings. The molecule has 0 bridgehead atoms. The van der Waals surface area contributed by atoms with Crippen molar-refractivity contribution in [3.63, 3.8) is 0 Å². The molecule has 1 aliphatic heterocycles. The molecule has 150 valence electrons. The van der Waals surface area contributed by atoms with Crippen LogP contribution in [0.5, 0.6) is 0 Å². The van der Waals surface area contributed by atoms with E-state index in [-0.39, 0.29) is 5.82 Å². The number of nitrogens with two attached hydrogens (primary N) is 1. The number of hydrogen-bond acceptors (Lipinski definition) is 9. The Balaban J connectivity index is 1.29. The van der Waals surface area contributed by atoms with Gasteiger partial charge in [0.05, 0.1) is 30.0 Å². The molecule has 29 heavy (non-hydrogen) atoms. The molecule has 0 radical (unpaired) electrons. The summed E-state index contributed by atoms with van der Waals surface area (Å²) in [6, 6.07) is 7.98. The summed E-state index contributed by atoms with van der Waals surface area (Å²) >= 11 is 1.57. The van der Waals surface area contributed by atoms with E-state index < -0.39 is 24.5 Å². The van der Waals surface area contributed by atoms with Gasteiger partial charge in [-0.15, -0.1) is 11.8 Å². The van der Waals surface area contributed by atoms with E-state index in [1.165, 1.54) is 12.7 Å². The lowest BCUT2D eigenvalue weighted by molar-refractivity contribution is -0.0289. The van der Waals surface area contributed by atoms with Gasteiger partial charge in [-0.1, -0.05) is 18.2 Å². The number of para-hydroxylation sites is 1. The Labute approximate surface area is 169 Å². The molecule has 4 heterocycles. The van der Waals surface area contributed by atoms with E-state index >= 15 is 0 Å². The fourth-order valence-corrected chi connectivity index (χ4v) is 4.53. The largest absolute Gasteiger partial charge is 0.387 e. The number of aliphatic hydroxyl groups excluding tert-OH is 2. The van der Waals surface area contributed by atoms with Gasteiger partial charge in [-0.05, 0) is 6.07 Å². The Morgan fingerprint density at radius 3 is 2.90 bits per heavy atom. The molecule has 3 aromatic heterocycles. The molecule has 1 saturated heterocycles. The van der Waals surface area contributed by atoms with Crippen LogP contribution in [0.3, 0.4) is 0 Å². The van der Waals surface area contributed by atoms with Gasteiger partial charge in [0.15, 0.2) is 17.7 Å². The standard InChI is InChI=1S/C18H19N7O3S/c19-16-13-17(21-7-20-16)24(8-22-13)18-15(27)14(26)12(28-18)6-29-9-25-11-4-2-1-3-10(11)5-23-25/h1-5,7-8,12,14-15,18,26-27H,6,9H2,(H2,19,20,21). The molecule has 4 atom stereocenters. The summed E-state index contributed by atoms with van der Waals surface area (Å²) in [5.74, 6) is 1.35. The number of rotatable bonds is 5. The molecular weight excluding hydrogens is 394 g/mol. The van der Waals surface area contributed by atoms with Gasteiger partial charge < -0.3 is 20.7 Å². The highest BCUT2D eigenvalue weighted by Gasteiger charge is 2.44. The van der Waals surface area contributed by atoms with E-state index in [0.29, 0.717) is 22.8 Å². The van der Waals surface area contributed by atoms with Crippen molar-refractivity contribution in [1.82, 2.24) is 29.3 Å². The zero-order valence-corrected chi connectivity index (χ0v) is 16.1. The number of imidazole rings is 1. The number of ether oxygens (including phenoxy) is 1. The lowest BCUT2D eigenvalue weighted by atomic mass is 10.1. The number of nitrogen functional groups attached to an aromatic ring is 1. The number of fused-ring (bicyclic) bond motifs is 2. The average molecular weight is 413 g/mol. The number of hydrogen-bond donors (Lipinski definition) is 3. The van der Waals surface area contributed by atoms with Crippen LogP contribution in [0, 0.1) is 0 Å². The van der Waals surface area contributed by atoms with Crippen molar-refractivity contribution in [2.45, 2.75) is 30.4 Å². The highest BCUT2D eigenvalue weighted by molar-refractivity contribution is 7.98. The third-order valence-electron chi connectivity index (χ3n) is 5.05. The second kappa shape index (κ2) is 7.26. The Hall–Kier alpha value is -2.73. The van der Waals surface area contributed by atoms with Crippen molar-refractivity contribution >= 4 is 39.6 Å². The maximum absolute atomic E-state index is 10.5. The topological polar surface area (TPSA) is 137 Å². The number of aromatic nitrogens is 6. The molecule has 0 aliphatic carbocycles. The lowest BCUT2D eigenvalue weighted by Gasteiger charge is -2.16. The van der Waals surface area contributed by atoms with Crippen molar-refractivity contribution in [3.8, 4) is 0 Å². The van der Waals surface area contributed by atoms with Gasteiger partial charge in [-0.2, -0.15) is 5.10 Å². The molecule has 4 N–H and O–H groups in total. The summed E-state index contributed by atoms with van der Waals surface area (Å²) in [4.78, 5) is 12.3. The van der Waals surface area contributed by atoms with Crippen LogP contribution in [-0.4, -0.2) is 63.6 Å². The van der Waals surface area contributed by atoms with Crippen molar-refractivity contribution in [2.24, 2.45) is 0 Å². The Morgan fingerprint density at radius 1 is 1.14 bits per heavy atom. The first-order valence-electron chi connectivity index (χ1n) is 9.06. The summed E-state index contributed by atoms with van der Waals surface area (Å²) in [6.07, 6.45) is 1.16. The van der Waals surface area contributed by atoms with Crippen LogP contribution in [0.25, 0.3) is 22.1 Å².